The van der Waals surface area contributed by atoms with Gasteiger partial charge in [0.1, 0.15) is 0 Å². The predicted octanol–water partition coefficient (Wildman–Crippen LogP) is 3.75. The first-order valence-electron chi connectivity index (χ1n) is 9.44. The summed E-state index contributed by atoms with van der Waals surface area (Å²) < 4.78 is 1.87. The van der Waals surface area contributed by atoms with Gasteiger partial charge in [0.15, 0.2) is 5.96 Å². The molecule has 6 heteroatoms. The molecule has 0 radical (unpaired) electrons. The first kappa shape index (κ1) is 20.4. The lowest BCUT2D eigenvalue weighted by Crippen LogP contribution is -2.39. The van der Waals surface area contributed by atoms with Crippen molar-refractivity contribution in [2.75, 3.05) is 13.6 Å². The van der Waals surface area contributed by atoms with Gasteiger partial charge in [-0.1, -0.05) is 42.5 Å². The molecule has 1 heterocycles. The number of guanidine groups is 1. The number of rotatable bonds is 6. The van der Waals surface area contributed by atoms with Crippen LogP contribution in [0.4, 0.5) is 0 Å². The van der Waals surface area contributed by atoms with Crippen LogP contribution in [0.3, 0.4) is 0 Å². The largest absolute Gasteiger partial charge is 0.356 e. The Morgan fingerprint density at radius 3 is 2.57 bits per heavy atom. The van der Waals surface area contributed by atoms with E-state index in [9.17, 15) is 0 Å². The van der Waals surface area contributed by atoms with Crippen LogP contribution in [0.15, 0.2) is 78.0 Å². The molecule has 146 valence electrons. The van der Waals surface area contributed by atoms with Gasteiger partial charge in [-0.05, 0) is 42.2 Å². The van der Waals surface area contributed by atoms with Crippen molar-refractivity contribution in [3.05, 3.63) is 84.2 Å². The summed E-state index contributed by atoms with van der Waals surface area (Å²) in [6.45, 7) is 0.851. The van der Waals surface area contributed by atoms with Crippen molar-refractivity contribution >= 4 is 29.9 Å². The van der Waals surface area contributed by atoms with Gasteiger partial charge in [0, 0.05) is 37.9 Å². The highest BCUT2D eigenvalue weighted by Gasteiger charge is 2.38. The van der Waals surface area contributed by atoms with Crippen LogP contribution in [0.1, 0.15) is 23.5 Å². The first-order valence-corrected chi connectivity index (χ1v) is 9.44. The summed E-state index contributed by atoms with van der Waals surface area (Å²) in [6, 6.07) is 21.6. The third-order valence-electron chi connectivity index (χ3n) is 4.98. The fraction of sp³-hybridized carbons (Fsp3) is 0.273. The maximum atomic E-state index is 4.36. The van der Waals surface area contributed by atoms with Gasteiger partial charge in [-0.2, -0.15) is 5.10 Å². The molecule has 1 saturated carbocycles. The lowest BCUT2D eigenvalue weighted by Gasteiger charge is -2.12. The third-order valence-corrected chi connectivity index (χ3v) is 4.98. The number of halogens is 1. The van der Waals surface area contributed by atoms with E-state index in [0.29, 0.717) is 12.0 Å². The van der Waals surface area contributed by atoms with Crippen molar-refractivity contribution in [3.63, 3.8) is 0 Å². The molecule has 0 spiro atoms. The number of hydrogen-bond donors (Lipinski definition) is 2. The highest BCUT2D eigenvalue weighted by molar-refractivity contribution is 14.0. The van der Waals surface area contributed by atoms with Crippen molar-refractivity contribution in [3.8, 4) is 5.69 Å². The van der Waals surface area contributed by atoms with Crippen molar-refractivity contribution in [2.24, 2.45) is 4.99 Å². The number of benzene rings is 2. The molecule has 3 aromatic rings. The van der Waals surface area contributed by atoms with E-state index in [2.05, 4.69) is 75.3 Å². The quantitative estimate of drug-likeness (QED) is 0.317. The average molecular weight is 487 g/mol. The molecular weight excluding hydrogens is 461 g/mol. The Balaban J connectivity index is 0.00000225. The average Bonchev–Trinajstić information content (AvgIpc) is 3.27. The normalized spacial score (nSPS) is 18.2. The Morgan fingerprint density at radius 2 is 1.89 bits per heavy atom. The molecule has 0 aliphatic heterocycles. The molecule has 1 aromatic heterocycles. The third kappa shape index (κ3) is 5.13. The second-order valence-electron chi connectivity index (χ2n) is 6.87. The molecule has 0 saturated heterocycles. The number of hydrogen-bond acceptors (Lipinski definition) is 2. The Bertz CT molecular complexity index is 875. The minimum absolute atomic E-state index is 0. The van der Waals surface area contributed by atoms with E-state index < -0.39 is 0 Å². The molecule has 5 nitrogen and oxygen atoms in total. The second kappa shape index (κ2) is 9.73. The van der Waals surface area contributed by atoms with E-state index in [1.54, 1.807) is 6.20 Å². The van der Waals surface area contributed by atoms with E-state index in [4.69, 9.17) is 0 Å². The zero-order chi connectivity index (χ0) is 18.5. The van der Waals surface area contributed by atoms with Gasteiger partial charge in [0.25, 0.3) is 0 Å². The standard InChI is InChI=1S/C22H25N5.HI/c1-23-22(26-21-16-20(21)18-6-3-2-4-7-18)24-14-12-17-8-10-19(11-9-17)27-15-5-13-25-27;/h2-11,13,15,20-21H,12,14,16H2,1H3,(H2,23,24,26);1H. The molecule has 1 aliphatic rings. The van der Waals surface area contributed by atoms with E-state index in [1.165, 1.54) is 17.5 Å². The Hall–Kier alpha value is -2.35. The van der Waals surface area contributed by atoms with Gasteiger partial charge in [-0.3, -0.25) is 4.99 Å². The van der Waals surface area contributed by atoms with Crippen molar-refractivity contribution < 1.29 is 0 Å². The minimum Gasteiger partial charge on any atom is -0.356 e. The van der Waals surface area contributed by atoms with Crippen molar-refractivity contribution in [1.29, 1.82) is 0 Å². The maximum absolute atomic E-state index is 4.36. The number of aliphatic imine (C=N–C) groups is 1. The van der Waals surface area contributed by atoms with Crippen molar-refractivity contribution in [1.82, 2.24) is 20.4 Å². The summed E-state index contributed by atoms with van der Waals surface area (Å²) in [4.78, 5) is 4.36. The van der Waals surface area contributed by atoms with Gasteiger partial charge in [0.05, 0.1) is 5.69 Å². The summed E-state index contributed by atoms with van der Waals surface area (Å²) >= 11 is 0. The highest BCUT2D eigenvalue weighted by atomic mass is 127. The fourth-order valence-electron chi connectivity index (χ4n) is 3.36. The van der Waals surface area contributed by atoms with E-state index >= 15 is 0 Å². The molecule has 2 atom stereocenters. The molecule has 2 aromatic carbocycles. The zero-order valence-electron chi connectivity index (χ0n) is 16.0. The molecule has 28 heavy (non-hydrogen) atoms. The zero-order valence-corrected chi connectivity index (χ0v) is 18.3. The molecule has 1 fully saturated rings. The molecule has 0 amide bonds. The smallest absolute Gasteiger partial charge is 0.191 e. The molecule has 0 bridgehead atoms. The molecule has 4 rings (SSSR count). The van der Waals surface area contributed by atoms with Crippen LogP contribution in [0, 0.1) is 0 Å². The first-order chi connectivity index (χ1) is 13.3. The van der Waals surface area contributed by atoms with Crippen LogP contribution in [0.25, 0.3) is 5.69 Å². The topological polar surface area (TPSA) is 54.2 Å². The monoisotopic (exact) mass is 487 g/mol. The van der Waals surface area contributed by atoms with Crippen LogP contribution in [-0.2, 0) is 6.42 Å². The van der Waals surface area contributed by atoms with Crippen LogP contribution in [0.2, 0.25) is 0 Å². The number of nitrogens with zero attached hydrogens (tertiary/aromatic N) is 3. The SMILES string of the molecule is CN=C(NCCc1ccc(-n2cccn2)cc1)NC1CC1c1ccccc1.I. The summed E-state index contributed by atoms with van der Waals surface area (Å²) in [5.74, 6) is 1.48. The van der Waals surface area contributed by atoms with Crippen LogP contribution in [0.5, 0.6) is 0 Å². The molecule has 1 aliphatic carbocycles. The van der Waals surface area contributed by atoms with E-state index in [0.717, 1.165) is 24.6 Å². The summed E-state index contributed by atoms with van der Waals surface area (Å²) in [5.41, 5.74) is 3.78. The molecule has 2 N–H and O–H groups in total. The number of nitrogens with one attached hydrogen (secondary N) is 2. The predicted molar refractivity (Wildman–Crippen MR) is 125 cm³/mol. The Labute approximate surface area is 183 Å². The Morgan fingerprint density at radius 1 is 1.11 bits per heavy atom. The van der Waals surface area contributed by atoms with E-state index in [-0.39, 0.29) is 24.0 Å². The van der Waals surface area contributed by atoms with Crippen LogP contribution in [-0.4, -0.2) is 35.4 Å². The molecule has 2 unspecified atom stereocenters. The summed E-state index contributed by atoms with van der Waals surface area (Å²) in [5, 5.41) is 11.2. The van der Waals surface area contributed by atoms with Crippen LogP contribution >= 0.6 is 24.0 Å². The second-order valence-corrected chi connectivity index (χ2v) is 6.87. The van der Waals surface area contributed by atoms with Crippen LogP contribution < -0.4 is 10.6 Å². The summed E-state index contributed by atoms with van der Waals surface area (Å²) in [7, 11) is 1.83. The maximum Gasteiger partial charge on any atom is 0.191 e. The lowest BCUT2D eigenvalue weighted by atomic mass is 10.1. The minimum atomic E-state index is 0. The van der Waals surface area contributed by atoms with Gasteiger partial charge >= 0.3 is 0 Å². The van der Waals surface area contributed by atoms with Gasteiger partial charge in [-0.25, -0.2) is 4.68 Å². The van der Waals surface area contributed by atoms with Crippen molar-refractivity contribution in [2.45, 2.75) is 24.8 Å². The molecular formula is C22H26IN5. The van der Waals surface area contributed by atoms with Gasteiger partial charge < -0.3 is 10.6 Å². The summed E-state index contributed by atoms with van der Waals surface area (Å²) in [6.07, 6.45) is 5.86. The Kier molecular flexibility index (Phi) is 7.08. The lowest BCUT2D eigenvalue weighted by molar-refractivity contribution is 0.779. The fourth-order valence-corrected chi connectivity index (χ4v) is 3.36. The van der Waals surface area contributed by atoms with Gasteiger partial charge in [-0.15, -0.1) is 24.0 Å². The van der Waals surface area contributed by atoms with E-state index in [1.807, 2.05) is 24.0 Å². The van der Waals surface area contributed by atoms with Gasteiger partial charge in [0.2, 0.25) is 0 Å². The highest BCUT2D eigenvalue weighted by Crippen LogP contribution is 2.40. The number of aromatic nitrogens is 2.